The Morgan fingerprint density at radius 1 is 1.21 bits per heavy atom. The molecule has 1 unspecified atom stereocenters. The minimum Gasteiger partial charge on any atom is -0.312 e. The molecule has 1 N–H and O–H groups in total. The standard InChI is InChI=1S/C17H28N2/c1-4-17(12-18-16-10-11-16)19(14(2)3)13-15-8-6-5-7-9-15/h5-9,14,16-18H,4,10-13H2,1-3H3. The van der Waals surface area contributed by atoms with Gasteiger partial charge >= 0.3 is 0 Å². The number of nitrogens with one attached hydrogen (secondary N) is 1. The van der Waals surface area contributed by atoms with Crippen molar-refractivity contribution in [1.29, 1.82) is 0 Å². The van der Waals surface area contributed by atoms with Crippen LogP contribution >= 0.6 is 0 Å². The van der Waals surface area contributed by atoms with E-state index in [0.717, 1.165) is 19.1 Å². The van der Waals surface area contributed by atoms with Gasteiger partial charge in [0.2, 0.25) is 0 Å². The lowest BCUT2D eigenvalue weighted by Gasteiger charge is -2.35. The predicted octanol–water partition coefficient (Wildman–Crippen LogP) is 3.43. The lowest BCUT2D eigenvalue weighted by molar-refractivity contribution is 0.136. The lowest BCUT2D eigenvalue weighted by atomic mass is 10.1. The van der Waals surface area contributed by atoms with Crippen LogP contribution in [-0.2, 0) is 6.54 Å². The molecule has 1 fully saturated rings. The topological polar surface area (TPSA) is 15.3 Å². The van der Waals surface area contributed by atoms with Gasteiger partial charge in [0.15, 0.2) is 0 Å². The van der Waals surface area contributed by atoms with E-state index in [9.17, 15) is 0 Å². The maximum absolute atomic E-state index is 3.69. The number of nitrogens with zero attached hydrogens (tertiary/aromatic N) is 1. The molecule has 2 rings (SSSR count). The molecule has 1 atom stereocenters. The van der Waals surface area contributed by atoms with Crippen LogP contribution in [0.3, 0.4) is 0 Å². The Kier molecular flexibility index (Phi) is 5.41. The van der Waals surface area contributed by atoms with Gasteiger partial charge in [0.1, 0.15) is 0 Å². The van der Waals surface area contributed by atoms with Gasteiger partial charge in [-0.3, -0.25) is 4.90 Å². The number of benzene rings is 1. The fourth-order valence-electron chi connectivity index (χ4n) is 2.61. The summed E-state index contributed by atoms with van der Waals surface area (Å²) in [5.41, 5.74) is 1.42. The Labute approximate surface area is 118 Å². The first-order chi connectivity index (χ1) is 9.20. The van der Waals surface area contributed by atoms with Crippen LogP contribution in [0.1, 0.15) is 45.6 Å². The van der Waals surface area contributed by atoms with Gasteiger partial charge in [-0.1, -0.05) is 37.3 Å². The van der Waals surface area contributed by atoms with Gasteiger partial charge in [0, 0.05) is 31.2 Å². The minimum absolute atomic E-state index is 0.589. The molecule has 0 spiro atoms. The van der Waals surface area contributed by atoms with Crippen LogP contribution in [0, 0.1) is 0 Å². The van der Waals surface area contributed by atoms with Crippen LogP contribution in [0.15, 0.2) is 30.3 Å². The Bertz CT molecular complexity index is 357. The Hall–Kier alpha value is -0.860. The molecule has 2 heteroatoms. The van der Waals surface area contributed by atoms with E-state index >= 15 is 0 Å². The number of hydrogen-bond acceptors (Lipinski definition) is 2. The van der Waals surface area contributed by atoms with E-state index in [4.69, 9.17) is 0 Å². The minimum atomic E-state index is 0.589. The van der Waals surface area contributed by atoms with Gasteiger partial charge in [-0.2, -0.15) is 0 Å². The lowest BCUT2D eigenvalue weighted by Crippen LogP contribution is -2.45. The average Bonchev–Trinajstić information content (AvgIpc) is 3.23. The molecule has 1 aliphatic carbocycles. The second-order valence-corrected chi connectivity index (χ2v) is 6.00. The Morgan fingerprint density at radius 3 is 2.42 bits per heavy atom. The smallest absolute Gasteiger partial charge is 0.0239 e. The highest BCUT2D eigenvalue weighted by atomic mass is 15.2. The predicted molar refractivity (Wildman–Crippen MR) is 82.2 cm³/mol. The molecule has 0 bridgehead atoms. The van der Waals surface area contributed by atoms with Crippen LogP contribution in [0.4, 0.5) is 0 Å². The van der Waals surface area contributed by atoms with Crippen molar-refractivity contribution in [3.8, 4) is 0 Å². The van der Waals surface area contributed by atoms with Gasteiger partial charge in [0.25, 0.3) is 0 Å². The van der Waals surface area contributed by atoms with Gasteiger partial charge in [-0.05, 0) is 38.7 Å². The van der Waals surface area contributed by atoms with Gasteiger partial charge in [0.05, 0.1) is 0 Å². The summed E-state index contributed by atoms with van der Waals surface area (Å²) in [6.07, 6.45) is 3.96. The van der Waals surface area contributed by atoms with E-state index in [-0.39, 0.29) is 0 Å². The molecule has 1 aromatic carbocycles. The highest BCUT2D eigenvalue weighted by molar-refractivity contribution is 5.14. The van der Waals surface area contributed by atoms with E-state index in [1.807, 2.05) is 0 Å². The maximum atomic E-state index is 3.69. The van der Waals surface area contributed by atoms with Crippen LogP contribution in [0.5, 0.6) is 0 Å². The quantitative estimate of drug-likeness (QED) is 0.770. The fraction of sp³-hybridized carbons (Fsp3) is 0.647. The van der Waals surface area contributed by atoms with E-state index in [2.05, 4.69) is 61.3 Å². The Morgan fingerprint density at radius 2 is 1.89 bits per heavy atom. The molecule has 1 saturated carbocycles. The molecular formula is C17H28N2. The zero-order valence-electron chi connectivity index (χ0n) is 12.6. The molecule has 1 aromatic rings. The molecule has 106 valence electrons. The van der Waals surface area contributed by atoms with E-state index in [0.29, 0.717) is 12.1 Å². The van der Waals surface area contributed by atoms with Crippen molar-refractivity contribution in [3.63, 3.8) is 0 Å². The van der Waals surface area contributed by atoms with Crippen molar-refractivity contribution < 1.29 is 0 Å². The van der Waals surface area contributed by atoms with Gasteiger partial charge < -0.3 is 5.32 Å². The third kappa shape index (κ3) is 4.63. The van der Waals surface area contributed by atoms with E-state index in [1.54, 1.807) is 0 Å². The summed E-state index contributed by atoms with van der Waals surface area (Å²) in [5.74, 6) is 0. The fourth-order valence-corrected chi connectivity index (χ4v) is 2.61. The van der Waals surface area contributed by atoms with Crippen molar-refractivity contribution in [3.05, 3.63) is 35.9 Å². The van der Waals surface area contributed by atoms with Crippen molar-refractivity contribution in [2.75, 3.05) is 6.54 Å². The molecule has 0 heterocycles. The third-order valence-electron chi connectivity index (χ3n) is 4.03. The van der Waals surface area contributed by atoms with E-state index < -0.39 is 0 Å². The summed E-state index contributed by atoms with van der Waals surface area (Å²) in [4.78, 5) is 2.63. The van der Waals surface area contributed by atoms with Crippen molar-refractivity contribution in [2.45, 2.75) is 64.7 Å². The molecule has 0 saturated heterocycles. The maximum Gasteiger partial charge on any atom is 0.0239 e. The highest BCUT2D eigenvalue weighted by Gasteiger charge is 2.24. The zero-order chi connectivity index (χ0) is 13.7. The molecule has 2 nitrogen and oxygen atoms in total. The molecule has 0 amide bonds. The first-order valence-electron chi connectivity index (χ1n) is 7.73. The molecule has 19 heavy (non-hydrogen) atoms. The van der Waals surface area contributed by atoms with Gasteiger partial charge in [-0.25, -0.2) is 0 Å². The summed E-state index contributed by atoms with van der Waals surface area (Å²) in [6, 6.07) is 12.9. The first-order valence-corrected chi connectivity index (χ1v) is 7.73. The summed E-state index contributed by atoms with van der Waals surface area (Å²) in [7, 11) is 0. The molecule has 0 radical (unpaired) electrons. The SMILES string of the molecule is CCC(CNC1CC1)N(Cc1ccccc1)C(C)C. The summed E-state index contributed by atoms with van der Waals surface area (Å²) in [5, 5.41) is 3.69. The number of hydrogen-bond donors (Lipinski definition) is 1. The Balaban J connectivity index is 1.95. The molecule has 0 aliphatic heterocycles. The summed E-state index contributed by atoms with van der Waals surface area (Å²) >= 11 is 0. The van der Waals surface area contributed by atoms with Crippen molar-refractivity contribution in [1.82, 2.24) is 10.2 Å². The second kappa shape index (κ2) is 7.06. The zero-order valence-corrected chi connectivity index (χ0v) is 12.6. The summed E-state index contributed by atoms with van der Waals surface area (Å²) < 4.78 is 0. The number of rotatable bonds is 8. The van der Waals surface area contributed by atoms with Crippen LogP contribution in [-0.4, -0.2) is 29.6 Å². The van der Waals surface area contributed by atoms with E-state index in [1.165, 1.54) is 24.8 Å². The molecule has 1 aliphatic rings. The first kappa shape index (κ1) is 14.5. The van der Waals surface area contributed by atoms with Crippen molar-refractivity contribution >= 4 is 0 Å². The average molecular weight is 260 g/mol. The van der Waals surface area contributed by atoms with Crippen molar-refractivity contribution in [2.24, 2.45) is 0 Å². The monoisotopic (exact) mass is 260 g/mol. The highest BCUT2D eigenvalue weighted by Crippen LogP contribution is 2.20. The van der Waals surface area contributed by atoms with Crippen LogP contribution in [0.2, 0.25) is 0 Å². The third-order valence-corrected chi connectivity index (χ3v) is 4.03. The molecule has 0 aromatic heterocycles. The van der Waals surface area contributed by atoms with Crippen LogP contribution in [0.25, 0.3) is 0 Å². The van der Waals surface area contributed by atoms with Crippen LogP contribution < -0.4 is 5.32 Å². The summed E-state index contributed by atoms with van der Waals surface area (Å²) in [6.45, 7) is 9.11. The second-order valence-electron chi connectivity index (χ2n) is 6.00. The van der Waals surface area contributed by atoms with Gasteiger partial charge in [-0.15, -0.1) is 0 Å². The largest absolute Gasteiger partial charge is 0.312 e. The normalized spacial score (nSPS) is 17.1. The molecular weight excluding hydrogens is 232 g/mol.